The van der Waals surface area contributed by atoms with Crippen LogP contribution in [0.3, 0.4) is 0 Å². The van der Waals surface area contributed by atoms with Gasteiger partial charge in [-0.2, -0.15) is 0 Å². The smallest absolute Gasteiger partial charge is 0.408 e. The van der Waals surface area contributed by atoms with E-state index in [0.29, 0.717) is 0 Å². The highest BCUT2D eigenvalue weighted by Crippen LogP contribution is 2.27. The number of aliphatic hydroxyl groups excluding tert-OH is 2. The molecule has 5 atom stereocenters. The lowest BCUT2D eigenvalue weighted by atomic mass is 10.1. The zero-order chi connectivity index (χ0) is 24.9. The van der Waals surface area contributed by atoms with Crippen LogP contribution in [0.2, 0.25) is 0 Å². The number of nitrogens with one attached hydrogen (secondary N) is 3. The number of carbonyl (C=O) groups is 3. The third-order valence-electron chi connectivity index (χ3n) is 4.59. The fourth-order valence-corrected chi connectivity index (χ4v) is 3.07. The second kappa shape index (κ2) is 10.6. The minimum absolute atomic E-state index is 0.230. The van der Waals surface area contributed by atoms with Crippen molar-refractivity contribution in [3.63, 3.8) is 0 Å². The Morgan fingerprint density at radius 3 is 2.48 bits per heavy atom. The Bertz CT molecular complexity index is 982. The predicted octanol–water partition coefficient (Wildman–Crippen LogP) is -1.97. The molecule has 2 heterocycles. The van der Waals surface area contributed by atoms with E-state index in [-0.39, 0.29) is 13.0 Å². The lowest BCUT2D eigenvalue weighted by Crippen LogP contribution is -2.50. The van der Waals surface area contributed by atoms with Gasteiger partial charge in [-0.1, -0.05) is 0 Å². The van der Waals surface area contributed by atoms with Crippen molar-refractivity contribution in [1.82, 2.24) is 20.2 Å². The van der Waals surface area contributed by atoms with Crippen LogP contribution in [0.25, 0.3) is 0 Å². The minimum atomic E-state index is -1.54. The fraction of sp³-hybridized carbons (Fsp3) is 0.632. The van der Waals surface area contributed by atoms with Crippen LogP contribution in [-0.2, 0) is 19.1 Å². The van der Waals surface area contributed by atoms with Crippen LogP contribution in [0.1, 0.15) is 39.8 Å². The van der Waals surface area contributed by atoms with Gasteiger partial charge in [-0.25, -0.2) is 9.59 Å². The number of carboxylic acid groups (broad SMARTS) is 1. The molecule has 0 saturated carbocycles. The maximum absolute atomic E-state index is 12.6. The van der Waals surface area contributed by atoms with E-state index in [2.05, 4.69) is 10.6 Å². The molecule has 14 nitrogen and oxygen atoms in total. The molecular formula is C19H28N4O10. The molecule has 1 aliphatic heterocycles. The summed E-state index contributed by atoms with van der Waals surface area (Å²) in [4.78, 5) is 60.6. The van der Waals surface area contributed by atoms with Crippen LogP contribution < -0.4 is 21.9 Å². The summed E-state index contributed by atoms with van der Waals surface area (Å²) in [5, 5.41) is 34.1. The van der Waals surface area contributed by atoms with Crippen molar-refractivity contribution in [2.24, 2.45) is 0 Å². The van der Waals surface area contributed by atoms with E-state index in [9.17, 15) is 34.2 Å². The molecule has 1 aromatic heterocycles. The van der Waals surface area contributed by atoms with Gasteiger partial charge >= 0.3 is 17.8 Å². The SMILES string of the molecule is CC(C)(C)OC(=O)NC(CCC(=O)O)C(=O)NC[C@H]1O[C@@H](n2ccc(=O)[nH]c2=O)[C@H](O)[C@@H]1O. The lowest BCUT2D eigenvalue weighted by Gasteiger charge is -2.23. The van der Waals surface area contributed by atoms with Crippen molar-refractivity contribution in [1.29, 1.82) is 0 Å². The van der Waals surface area contributed by atoms with Gasteiger partial charge in [0.2, 0.25) is 5.91 Å². The summed E-state index contributed by atoms with van der Waals surface area (Å²) in [6.45, 7) is 4.53. The van der Waals surface area contributed by atoms with Crippen molar-refractivity contribution < 1.29 is 39.2 Å². The van der Waals surface area contributed by atoms with E-state index in [0.717, 1.165) is 16.8 Å². The van der Waals surface area contributed by atoms with Crippen molar-refractivity contribution in [3.8, 4) is 0 Å². The third kappa shape index (κ3) is 7.40. The van der Waals surface area contributed by atoms with Gasteiger partial charge in [0.1, 0.15) is 30.0 Å². The number of aliphatic carboxylic acids is 1. The van der Waals surface area contributed by atoms with E-state index in [1.54, 1.807) is 20.8 Å². The zero-order valence-electron chi connectivity index (χ0n) is 18.3. The Kier molecular flexibility index (Phi) is 8.35. The summed E-state index contributed by atoms with van der Waals surface area (Å²) in [5.74, 6) is -1.94. The molecular weight excluding hydrogens is 444 g/mol. The molecule has 184 valence electrons. The predicted molar refractivity (Wildman–Crippen MR) is 110 cm³/mol. The first-order valence-corrected chi connectivity index (χ1v) is 10.1. The monoisotopic (exact) mass is 472 g/mol. The van der Waals surface area contributed by atoms with E-state index in [4.69, 9.17) is 14.6 Å². The average Bonchev–Trinajstić information content (AvgIpc) is 2.96. The number of hydrogen-bond acceptors (Lipinski definition) is 9. The van der Waals surface area contributed by atoms with Crippen molar-refractivity contribution in [2.45, 2.75) is 69.8 Å². The Balaban J connectivity index is 2.04. The Hall–Kier alpha value is -3.23. The van der Waals surface area contributed by atoms with Gasteiger partial charge < -0.3 is 35.4 Å². The van der Waals surface area contributed by atoms with E-state index < -0.39 is 71.8 Å². The number of amides is 2. The molecule has 1 aliphatic rings. The lowest BCUT2D eigenvalue weighted by molar-refractivity contribution is -0.137. The Labute approximate surface area is 187 Å². The van der Waals surface area contributed by atoms with Crippen LogP contribution in [-0.4, -0.2) is 79.3 Å². The van der Waals surface area contributed by atoms with Gasteiger partial charge in [0.25, 0.3) is 5.56 Å². The standard InChI is InChI=1S/C19H28N4O10/c1-19(2,3)33-18(31)21-9(4-5-12(25)26)15(29)20-8-10-13(27)14(28)16(32-10)23-7-6-11(24)22-17(23)30/h6-7,9-10,13-14,16,27-28H,4-5,8H2,1-3H3,(H,20,29)(H,21,31)(H,25,26)(H,22,24,30)/t9?,10-,13-,14-,16-/m1/s1. The van der Waals surface area contributed by atoms with Gasteiger partial charge in [-0.05, 0) is 27.2 Å². The molecule has 1 saturated heterocycles. The highest BCUT2D eigenvalue weighted by molar-refractivity contribution is 5.86. The van der Waals surface area contributed by atoms with Crippen molar-refractivity contribution in [3.05, 3.63) is 33.1 Å². The molecule has 0 aliphatic carbocycles. The number of ether oxygens (including phenoxy) is 2. The minimum Gasteiger partial charge on any atom is -0.481 e. The number of H-pyrrole nitrogens is 1. The van der Waals surface area contributed by atoms with Crippen molar-refractivity contribution in [2.75, 3.05) is 6.54 Å². The van der Waals surface area contributed by atoms with Crippen LogP contribution in [0.15, 0.2) is 21.9 Å². The summed E-state index contributed by atoms with van der Waals surface area (Å²) in [5.41, 5.74) is -2.36. The maximum atomic E-state index is 12.6. The first kappa shape index (κ1) is 26.0. The summed E-state index contributed by atoms with van der Waals surface area (Å²) in [6.07, 6.45) is -5.97. The molecule has 0 aromatic carbocycles. The quantitative estimate of drug-likeness (QED) is 0.246. The highest BCUT2D eigenvalue weighted by atomic mass is 16.6. The Morgan fingerprint density at radius 2 is 1.91 bits per heavy atom. The normalized spacial score (nSPS) is 23.5. The van der Waals surface area contributed by atoms with Gasteiger partial charge in [-0.15, -0.1) is 0 Å². The van der Waals surface area contributed by atoms with Gasteiger partial charge in [0.15, 0.2) is 6.23 Å². The molecule has 1 fully saturated rings. The number of aromatic nitrogens is 2. The molecule has 1 aromatic rings. The first-order valence-electron chi connectivity index (χ1n) is 10.1. The second-order valence-electron chi connectivity index (χ2n) is 8.44. The van der Waals surface area contributed by atoms with Gasteiger partial charge in [0.05, 0.1) is 0 Å². The van der Waals surface area contributed by atoms with Crippen LogP contribution >= 0.6 is 0 Å². The molecule has 0 spiro atoms. The second-order valence-corrected chi connectivity index (χ2v) is 8.44. The van der Waals surface area contributed by atoms with Crippen LogP contribution in [0, 0.1) is 0 Å². The highest BCUT2D eigenvalue weighted by Gasteiger charge is 2.44. The van der Waals surface area contributed by atoms with E-state index in [1.165, 1.54) is 0 Å². The Morgan fingerprint density at radius 1 is 1.24 bits per heavy atom. The molecule has 6 N–H and O–H groups in total. The summed E-state index contributed by atoms with van der Waals surface area (Å²) < 4.78 is 11.5. The number of nitrogens with zero attached hydrogens (tertiary/aromatic N) is 1. The zero-order valence-corrected chi connectivity index (χ0v) is 18.3. The molecule has 33 heavy (non-hydrogen) atoms. The number of aliphatic hydroxyl groups is 2. The van der Waals surface area contributed by atoms with Gasteiger partial charge in [0, 0.05) is 25.2 Å². The number of rotatable bonds is 8. The fourth-order valence-electron chi connectivity index (χ4n) is 3.07. The molecule has 0 bridgehead atoms. The van der Waals surface area contributed by atoms with E-state index in [1.807, 2.05) is 4.98 Å². The van der Waals surface area contributed by atoms with Crippen LogP contribution in [0.5, 0.6) is 0 Å². The number of carboxylic acids is 1. The first-order chi connectivity index (χ1) is 15.3. The number of aromatic amines is 1. The van der Waals surface area contributed by atoms with Crippen molar-refractivity contribution >= 4 is 18.0 Å². The number of carbonyl (C=O) groups excluding carboxylic acids is 2. The molecule has 2 rings (SSSR count). The summed E-state index contributed by atoms with van der Waals surface area (Å²) in [7, 11) is 0. The molecule has 0 radical (unpaired) electrons. The average molecular weight is 472 g/mol. The maximum Gasteiger partial charge on any atom is 0.408 e. The third-order valence-corrected chi connectivity index (χ3v) is 4.59. The number of alkyl carbamates (subject to hydrolysis) is 1. The molecule has 14 heteroatoms. The molecule has 1 unspecified atom stereocenters. The molecule has 2 amide bonds. The topological polar surface area (TPSA) is 209 Å². The van der Waals surface area contributed by atoms with Crippen LogP contribution in [0.4, 0.5) is 4.79 Å². The van der Waals surface area contributed by atoms with Gasteiger partial charge in [-0.3, -0.25) is 23.9 Å². The summed E-state index contributed by atoms with van der Waals surface area (Å²) >= 11 is 0. The number of hydrogen-bond donors (Lipinski definition) is 6. The summed E-state index contributed by atoms with van der Waals surface area (Å²) in [6, 6.07) is -0.217. The largest absolute Gasteiger partial charge is 0.481 e. The van der Waals surface area contributed by atoms with E-state index >= 15 is 0 Å².